The average molecular weight is 237 g/mol. The van der Waals surface area contributed by atoms with Gasteiger partial charge in [-0.15, -0.1) is 0 Å². The molecular formula is C12H19N3O2. The third-order valence-corrected chi connectivity index (χ3v) is 3.15. The van der Waals surface area contributed by atoms with Crippen molar-refractivity contribution in [2.24, 2.45) is 0 Å². The molecule has 1 aliphatic rings. The molecule has 2 atom stereocenters. The molecule has 1 aliphatic heterocycles. The highest BCUT2D eigenvalue weighted by Crippen LogP contribution is 2.25. The minimum Gasteiger partial charge on any atom is -0.391 e. The predicted octanol–water partition coefficient (Wildman–Crippen LogP) is 1.34. The van der Waals surface area contributed by atoms with Crippen molar-refractivity contribution in [2.45, 2.75) is 45.3 Å². The van der Waals surface area contributed by atoms with Crippen LogP contribution in [0.5, 0.6) is 0 Å². The van der Waals surface area contributed by atoms with Gasteiger partial charge in [0.2, 0.25) is 5.91 Å². The first-order valence-electron chi connectivity index (χ1n) is 6.15. The first-order chi connectivity index (χ1) is 8.13. The smallest absolute Gasteiger partial charge is 0.230 e. The topological polar surface area (TPSA) is 58.4 Å². The highest BCUT2D eigenvalue weighted by Gasteiger charge is 2.31. The molecule has 1 fully saturated rings. The van der Waals surface area contributed by atoms with E-state index < -0.39 is 6.10 Å². The first kappa shape index (κ1) is 12.1. The Kier molecular flexibility index (Phi) is 3.47. The van der Waals surface area contributed by atoms with E-state index in [1.54, 1.807) is 11.1 Å². The number of hydrogen-bond donors (Lipinski definition) is 1. The number of carbonyl (C=O) groups excluding carboxylic acids is 1. The molecule has 0 saturated carbocycles. The zero-order chi connectivity index (χ0) is 12.4. The molecule has 1 aromatic heterocycles. The number of nitrogens with zero attached hydrogens (tertiary/aromatic N) is 3. The minimum absolute atomic E-state index is 0.0250. The second-order valence-electron chi connectivity index (χ2n) is 4.63. The highest BCUT2D eigenvalue weighted by atomic mass is 16.3. The Morgan fingerprint density at radius 1 is 1.65 bits per heavy atom. The van der Waals surface area contributed by atoms with Crippen LogP contribution < -0.4 is 4.90 Å². The van der Waals surface area contributed by atoms with Crippen LogP contribution in [-0.4, -0.2) is 33.4 Å². The Balaban J connectivity index is 2.21. The zero-order valence-electron chi connectivity index (χ0n) is 10.3. The summed E-state index contributed by atoms with van der Waals surface area (Å²) in [6, 6.07) is 2.11. The zero-order valence-corrected chi connectivity index (χ0v) is 10.3. The Bertz CT molecular complexity index is 402. The van der Waals surface area contributed by atoms with Crippen LogP contribution in [0.2, 0.25) is 0 Å². The van der Waals surface area contributed by atoms with Gasteiger partial charge in [-0.1, -0.05) is 13.3 Å². The van der Waals surface area contributed by atoms with Gasteiger partial charge >= 0.3 is 0 Å². The van der Waals surface area contributed by atoms with E-state index in [0.29, 0.717) is 6.54 Å². The van der Waals surface area contributed by atoms with Crippen molar-refractivity contribution in [2.75, 3.05) is 11.4 Å². The lowest BCUT2D eigenvalue weighted by Gasteiger charge is -2.21. The van der Waals surface area contributed by atoms with Crippen LogP contribution in [0.1, 0.15) is 39.2 Å². The molecule has 1 N–H and O–H groups in total. The summed E-state index contributed by atoms with van der Waals surface area (Å²) < 4.78 is 1.87. The second kappa shape index (κ2) is 4.87. The van der Waals surface area contributed by atoms with Crippen LogP contribution in [0, 0.1) is 0 Å². The van der Waals surface area contributed by atoms with Crippen LogP contribution in [0.15, 0.2) is 12.3 Å². The van der Waals surface area contributed by atoms with E-state index >= 15 is 0 Å². The molecule has 2 rings (SSSR count). The highest BCUT2D eigenvalue weighted by molar-refractivity contribution is 5.95. The van der Waals surface area contributed by atoms with Gasteiger partial charge in [-0.05, 0) is 13.3 Å². The number of aromatic nitrogens is 2. The summed E-state index contributed by atoms with van der Waals surface area (Å²) in [5.41, 5.74) is 0. The summed E-state index contributed by atoms with van der Waals surface area (Å²) >= 11 is 0. The van der Waals surface area contributed by atoms with Gasteiger partial charge in [0.05, 0.1) is 31.3 Å². The fraction of sp³-hybridized carbons (Fsp3) is 0.667. The van der Waals surface area contributed by atoms with Crippen molar-refractivity contribution in [3.63, 3.8) is 0 Å². The van der Waals surface area contributed by atoms with Crippen LogP contribution in [0.3, 0.4) is 0 Å². The molecule has 5 heteroatoms. The first-order valence-corrected chi connectivity index (χ1v) is 6.15. The maximum absolute atomic E-state index is 11.7. The van der Waals surface area contributed by atoms with Gasteiger partial charge < -0.3 is 5.11 Å². The Morgan fingerprint density at radius 2 is 2.41 bits per heavy atom. The Morgan fingerprint density at radius 3 is 3.00 bits per heavy atom. The molecular weight excluding hydrogens is 218 g/mol. The fourth-order valence-corrected chi connectivity index (χ4v) is 2.31. The van der Waals surface area contributed by atoms with Gasteiger partial charge in [-0.2, -0.15) is 5.10 Å². The quantitative estimate of drug-likeness (QED) is 0.859. The largest absolute Gasteiger partial charge is 0.391 e. The summed E-state index contributed by atoms with van der Waals surface area (Å²) in [7, 11) is 0. The molecule has 1 amide bonds. The van der Waals surface area contributed by atoms with E-state index in [2.05, 4.69) is 18.9 Å². The normalized spacial score (nSPS) is 22.2. The Labute approximate surface area is 101 Å². The summed E-state index contributed by atoms with van der Waals surface area (Å²) in [6.45, 7) is 4.60. The Hall–Kier alpha value is -1.36. The predicted molar refractivity (Wildman–Crippen MR) is 64.8 cm³/mol. The number of β-amino-alcohol motifs (C(OH)–C–C–N with tert-alkyl or cyclic N) is 1. The van der Waals surface area contributed by atoms with Gasteiger partial charge in [-0.3, -0.25) is 9.69 Å². The second-order valence-corrected chi connectivity index (χ2v) is 4.63. The maximum atomic E-state index is 11.7. The number of aliphatic hydroxyl groups excluding tert-OH is 1. The minimum atomic E-state index is -0.549. The molecule has 1 aromatic rings. The number of hydrogen-bond acceptors (Lipinski definition) is 3. The van der Waals surface area contributed by atoms with Crippen LogP contribution in [0.4, 0.5) is 5.82 Å². The molecule has 2 unspecified atom stereocenters. The lowest BCUT2D eigenvalue weighted by atomic mass is 10.2. The molecule has 0 aromatic carbocycles. The lowest BCUT2D eigenvalue weighted by molar-refractivity contribution is -0.117. The van der Waals surface area contributed by atoms with Crippen LogP contribution in [-0.2, 0) is 4.79 Å². The van der Waals surface area contributed by atoms with Crippen molar-refractivity contribution < 1.29 is 9.90 Å². The van der Waals surface area contributed by atoms with Gasteiger partial charge in [0.1, 0.15) is 5.82 Å². The van der Waals surface area contributed by atoms with Gasteiger partial charge in [0, 0.05) is 6.07 Å². The van der Waals surface area contributed by atoms with E-state index in [9.17, 15) is 9.90 Å². The van der Waals surface area contributed by atoms with E-state index in [4.69, 9.17) is 0 Å². The number of aliphatic hydroxyl groups is 1. The van der Waals surface area contributed by atoms with Crippen molar-refractivity contribution in [1.29, 1.82) is 0 Å². The number of amides is 1. The molecule has 5 nitrogen and oxygen atoms in total. The summed E-state index contributed by atoms with van der Waals surface area (Å²) in [6.07, 6.45) is 3.48. The van der Waals surface area contributed by atoms with Crippen molar-refractivity contribution in [1.82, 2.24) is 9.78 Å². The molecule has 2 heterocycles. The van der Waals surface area contributed by atoms with E-state index in [0.717, 1.165) is 18.7 Å². The number of rotatable bonds is 4. The fourth-order valence-electron chi connectivity index (χ4n) is 2.31. The van der Waals surface area contributed by atoms with Gasteiger partial charge in [-0.25, -0.2) is 4.68 Å². The number of carbonyl (C=O) groups is 1. The van der Waals surface area contributed by atoms with E-state index in [-0.39, 0.29) is 18.4 Å². The standard InChI is InChI=1S/C12H19N3O2/c1-3-4-9(2)15-11(5-6-13-15)14-8-10(16)7-12(14)17/h5-6,9-10,16H,3-4,7-8H2,1-2H3. The molecule has 0 spiro atoms. The number of anilines is 1. The molecule has 17 heavy (non-hydrogen) atoms. The average Bonchev–Trinajstić information content (AvgIpc) is 2.84. The van der Waals surface area contributed by atoms with E-state index in [1.165, 1.54) is 0 Å². The summed E-state index contributed by atoms with van der Waals surface area (Å²) in [5, 5.41) is 13.8. The molecule has 0 aliphatic carbocycles. The monoisotopic (exact) mass is 237 g/mol. The summed E-state index contributed by atoms with van der Waals surface area (Å²) in [4.78, 5) is 13.4. The van der Waals surface area contributed by atoms with Crippen LogP contribution >= 0.6 is 0 Å². The lowest BCUT2D eigenvalue weighted by Crippen LogP contribution is -2.28. The molecule has 94 valence electrons. The van der Waals surface area contributed by atoms with E-state index in [1.807, 2.05) is 10.7 Å². The van der Waals surface area contributed by atoms with Gasteiger partial charge in [0.15, 0.2) is 0 Å². The SMILES string of the molecule is CCCC(C)n1nccc1N1CC(O)CC1=O. The third-order valence-electron chi connectivity index (χ3n) is 3.15. The van der Waals surface area contributed by atoms with Crippen molar-refractivity contribution in [3.05, 3.63) is 12.3 Å². The van der Waals surface area contributed by atoms with Crippen LogP contribution in [0.25, 0.3) is 0 Å². The third kappa shape index (κ3) is 2.34. The molecule has 0 radical (unpaired) electrons. The van der Waals surface area contributed by atoms with Crippen molar-refractivity contribution in [3.8, 4) is 0 Å². The molecule has 0 bridgehead atoms. The molecule has 1 saturated heterocycles. The maximum Gasteiger partial charge on any atom is 0.230 e. The summed E-state index contributed by atoms with van der Waals surface area (Å²) in [5.74, 6) is 0.774. The van der Waals surface area contributed by atoms with Crippen molar-refractivity contribution >= 4 is 11.7 Å². The van der Waals surface area contributed by atoms with Gasteiger partial charge in [0.25, 0.3) is 0 Å².